The van der Waals surface area contributed by atoms with Gasteiger partial charge in [-0.1, -0.05) is 12.1 Å². The van der Waals surface area contributed by atoms with E-state index in [0.29, 0.717) is 12.1 Å². The smallest absolute Gasteiger partial charge is 0.264 e. The van der Waals surface area contributed by atoms with Crippen molar-refractivity contribution in [2.45, 2.75) is 19.6 Å². The first-order valence-electron chi connectivity index (χ1n) is 5.22. The molecule has 0 atom stereocenters. The van der Waals surface area contributed by atoms with Gasteiger partial charge in [0, 0.05) is 5.69 Å². The molecule has 2 aromatic rings. The van der Waals surface area contributed by atoms with Gasteiger partial charge in [-0.3, -0.25) is 4.68 Å². The van der Waals surface area contributed by atoms with E-state index < -0.39 is 11.7 Å². The summed E-state index contributed by atoms with van der Waals surface area (Å²) in [5.41, 5.74) is 0.892. The number of aromatic nitrogens is 2. The minimum absolute atomic E-state index is 0.346. The lowest BCUT2D eigenvalue weighted by molar-refractivity contribution is -0.137. The van der Waals surface area contributed by atoms with Crippen molar-refractivity contribution >= 4 is 22.6 Å². The van der Waals surface area contributed by atoms with Crippen molar-refractivity contribution in [3.05, 3.63) is 50.9 Å². The van der Waals surface area contributed by atoms with Gasteiger partial charge in [0.05, 0.1) is 12.1 Å². The number of halogens is 4. The van der Waals surface area contributed by atoms with Crippen LogP contribution < -0.4 is 0 Å². The molecule has 2 nitrogen and oxygen atoms in total. The highest BCUT2D eigenvalue weighted by Gasteiger charge is 2.30. The molecule has 0 saturated heterocycles. The molecule has 0 aliphatic heterocycles. The predicted octanol–water partition coefficient (Wildman–Crippen LogP) is 3.86. The van der Waals surface area contributed by atoms with E-state index in [0.717, 1.165) is 21.5 Å². The second-order valence-electron chi connectivity index (χ2n) is 3.96. The topological polar surface area (TPSA) is 17.8 Å². The van der Waals surface area contributed by atoms with E-state index in [-0.39, 0.29) is 0 Å². The van der Waals surface area contributed by atoms with Gasteiger partial charge >= 0.3 is 6.18 Å². The fourth-order valence-electron chi connectivity index (χ4n) is 1.65. The van der Waals surface area contributed by atoms with Crippen molar-refractivity contribution < 1.29 is 13.2 Å². The second kappa shape index (κ2) is 4.91. The first kappa shape index (κ1) is 13.4. The van der Waals surface area contributed by atoms with Crippen LogP contribution in [0.25, 0.3) is 0 Å². The fraction of sp³-hybridized carbons (Fsp3) is 0.250. The highest BCUT2D eigenvalue weighted by atomic mass is 127. The number of aryl methyl sites for hydroxylation is 1. The molecule has 1 heterocycles. The second-order valence-corrected chi connectivity index (χ2v) is 5.07. The molecule has 0 aliphatic carbocycles. The first-order valence-corrected chi connectivity index (χ1v) is 6.30. The van der Waals surface area contributed by atoms with Crippen LogP contribution in [0, 0.1) is 10.6 Å². The minimum atomic E-state index is -4.30. The molecule has 0 aliphatic rings. The Morgan fingerprint density at radius 3 is 2.56 bits per heavy atom. The van der Waals surface area contributed by atoms with Gasteiger partial charge in [0.25, 0.3) is 0 Å². The fourth-order valence-corrected chi connectivity index (χ4v) is 2.36. The number of hydrogen-bond donors (Lipinski definition) is 0. The van der Waals surface area contributed by atoms with E-state index >= 15 is 0 Å². The van der Waals surface area contributed by atoms with Gasteiger partial charge in [0.1, 0.15) is 3.70 Å². The molecular weight excluding hydrogens is 356 g/mol. The van der Waals surface area contributed by atoms with Crippen LogP contribution in [0.5, 0.6) is 0 Å². The summed E-state index contributed by atoms with van der Waals surface area (Å²) in [6.07, 6.45) is -4.30. The van der Waals surface area contributed by atoms with Crippen LogP contribution >= 0.6 is 22.6 Å². The average Bonchev–Trinajstić information content (AvgIpc) is 2.56. The molecule has 0 radical (unpaired) electrons. The molecule has 6 heteroatoms. The molecule has 0 bridgehead atoms. The van der Waals surface area contributed by atoms with E-state index in [2.05, 4.69) is 27.7 Å². The zero-order chi connectivity index (χ0) is 13.3. The molecule has 2 rings (SSSR count). The highest BCUT2D eigenvalue weighted by Crippen LogP contribution is 2.29. The Hall–Kier alpha value is -1.05. The Morgan fingerprint density at radius 1 is 1.28 bits per heavy atom. The number of rotatable bonds is 2. The molecule has 96 valence electrons. The third-order valence-electron chi connectivity index (χ3n) is 2.54. The summed E-state index contributed by atoms with van der Waals surface area (Å²) in [7, 11) is 0. The highest BCUT2D eigenvalue weighted by molar-refractivity contribution is 14.1. The summed E-state index contributed by atoms with van der Waals surface area (Å²) < 4.78 is 40.2. The summed E-state index contributed by atoms with van der Waals surface area (Å²) >= 11 is 2.08. The maximum absolute atomic E-state index is 12.6. The van der Waals surface area contributed by atoms with Gasteiger partial charge < -0.3 is 0 Å². The van der Waals surface area contributed by atoms with Crippen molar-refractivity contribution in [3.63, 3.8) is 0 Å². The average molecular weight is 366 g/mol. The van der Waals surface area contributed by atoms with Crippen molar-refractivity contribution in [2.75, 3.05) is 0 Å². The molecule has 18 heavy (non-hydrogen) atoms. The Bertz CT molecular complexity index is 561. The summed E-state index contributed by atoms with van der Waals surface area (Å²) in [6, 6.07) is 7.20. The van der Waals surface area contributed by atoms with Crippen LogP contribution in [0.15, 0.2) is 30.3 Å². The summed E-state index contributed by atoms with van der Waals surface area (Å²) in [5, 5.41) is 4.22. The summed E-state index contributed by atoms with van der Waals surface area (Å²) in [5.74, 6) is 0. The van der Waals surface area contributed by atoms with E-state index in [1.807, 2.05) is 13.0 Å². The molecule has 1 aromatic heterocycles. The lowest BCUT2D eigenvalue weighted by atomic mass is 10.1. The van der Waals surface area contributed by atoms with Gasteiger partial charge in [0.15, 0.2) is 0 Å². The van der Waals surface area contributed by atoms with Crippen LogP contribution in [0.2, 0.25) is 0 Å². The third kappa shape index (κ3) is 3.04. The Labute approximate surface area is 116 Å². The molecule has 1 aromatic carbocycles. The lowest BCUT2D eigenvalue weighted by Crippen LogP contribution is -2.08. The third-order valence-corrected chi connectivity index (χ3v) is 3.07. The van der Waals surface area contributed by atoms with Crippen LogP contribution in [-0.4, -0.2) is 9.78 Å². The molecule has 0 amide bonds. The van der Waals surface area contributed by atoms with Crippen LogP contribution in [0.4, 0.5) is 13.2 Å². The van der Waals surface area contributed by atoms with Crippen molar-refractivity contribution in [1.29, 1.82) is 0 Å². The minimum Gasteiger partial charge on any atom is -0.264 e. The maximum Gasteiger partial charge on any atom is 0.416 e. The predicted molar refractivity (Wildman–Crippen MR) is 70.2 cm³/mol. The summed E-state index contributed by atoms with van der Waals surface area (Å²) in [6.45, 7) is 2.22. The van der Waals surface area contributed by atoms with E-state index in [1.165, 1.54) is 6.07 Å². The Balaban J connectivity index is 2.27. The summed E-state index contributed by atoms with van der Waals surface area (Å²) in [4.78, 5) is 0. The number of alkyl halides is 3. The Kier molecular flexibility index (Phi) is 3.65. The van der Waals surface area contributed by atoms with Crippen molar-refractivity contribution in [3.8, 4) is 0 Å². The lowest BCUT2D eigenvalue weighted by Gasteiger charge is -2.09. The van der Waals surface area contributed by atoms with Crippen LogP contribution in [0.3, 0.4) is 0 Å². The van der Waals surface area contributed by atoms with Crippen LogP contribution in [0.1, 0.15) is 16.8 Å². The van der Waals surface area contributed by atoms with Gasteiger partial charge in [-0.15, -0.1) is 0 Å². The molecule has 0 saturated carbocycles. The van der Waals surface area contributed by atoms with Crippen molar-refractivity contribution in [1.82, 2.24) is 9.78 Å². The number of nitrogens with zero attached hydrogens (tertiary/aromatic N) is 2. The maximum atomic E-state index is 12.6. The van der Waals surface area contributed by atoms with Gasteiger partial charge in [-0.2, -0.15) is 18.3 Å². The normalized spacial score (nSPS) is 11.8. The zero-order valence-electron chi connectivity index (χ0n) is 9.50. The van der Waals surface area contributed by atoms with Crippen LogP contribution in [-0.2, 0) is 12.7 Å². The van der Waals surface area contributed by atoms with E-state index in [9.17, 15) is 13.2 Å². The number of hydrogen-bond acceptors (Lipinski definition) is 1. The molecule has 0 fully saturated rings. The standard InChI is InChI=1S/C12H10F3IN2/c1-8-5-11(16)17-18(8)7-9-3-2-4-10(6-9)12(13,14)15/h2-6H,7H2,1H3. The quantitative estimate of drug-likeness (QED) is 0.739. The SMILES string of the molecule is Cc1cc(I)nn1Cc1cccc(C(F)(F)F)c1. The van der Waals surface area contributed by atoms with E-state index in [4.69, 9.17) is 0 Å². The Morgan fingerprint density at radius 2 is 2.00 bits per heavy atom. The van der Waals surface area contributed by atoms with Gasteiger partial charge in [0.2, 0.25) is 0 Å². The molecule has 0 N–H and O–H groups in total. The zero-order valence-corrected chi connectivity index (χ0v) is 11.7. The number of benzene rings is 1. The first-order chi connectivity index (χ1) is 8.36. The largest absolute Gasteiger partial charge is 0.416 e. The molecule has 0 spiro atoms. The molecular formula is C12H10F3IN2. The van der Waals surface area contributed by atoms with Gasteiger partial charge in [-0.25, -0.2) is 0 Å². The monoisotopic (exact) mass is 366 g/mol. The molecule has 0 unspecified atom stereocenters. The van der Waals surface area contributed by atoms with Crippen molar-refractivity contribution in [2.24, 2.45) is 0 Å². The van der Waals surface area contributed by atoms with E-state index in [1.54, 1.807) is 10.7 Å². The van der Waals surface area contributed by atoms with Gasteiger partial charge in [-0.05, 0) is 53.3 Å².